The third kappa shape index (κ3) is 10.7. The predicted molar refractivity (Wildman–Crippen MR) is 62.4 cm³/mol. The minimum atomic E-state index is -0.908. The summed E-state index contributed by atoms with van der Waals surface area (Å²) in [7, 11) is 0. The second-order valence-corrected chi connectivity index (χ2v) is 4.07. The van der Waals surface area contributed by atoms with Gasteiger partial charge in [0.2, 0.25) is 11.8 Å². The zero-order valence-corrected chi connectivity index (χ0v) is 10.3. The molecule has 0 radical (unpaired) electrons. The van der Waals surface area contributed by atoms with E-state index in [1.165, 1.54) is 0 Å². The number of carbonyl (C=O) groups is 3. The number of nitrogens with one attached hydrogen (secondary N) is 2. The van der Waals surface area contributed by atoms with Gasteiger partial charge in [-0.15, -0.1) is 0 Å². The summed E-state index contributed by atoms with van der Waals surface area (Å²) in [6, 6.07) is 0.0915. The Bertz CT molecular complexity index is 277. The Morgan fingerprint density at radius 2 is 1.71 bits per heavy atom. The van der Waals surface area contributed by atoms with Crippen LogP contribution < -0.4 is 10.6 Å². The van der Waals surface area contributed by atoms with Gasteiger partial charge >= 0.3 is 5.97 Å². The number of carboxylic acids is 1. The maximum atomic E-state index is 11.2. The first kappa shape index (κ1) is 15.4. The monoisotopic (exact) mass is 244 g/mol. The zero-order valence-electron chi connectivity index (χ0n) is 10.3. The highest BCUT2D eigenvalue weighted by atomic mass is 16.4. The van der Waals surface area contributed by atoms with Crippen molar-refractivity contribution < 1.29 is 19.5 Å². The molecule has 0 heterocycles. The van der Waals surface area contributed by atoms with Crippen LogP contribution in [0.4, 0.5) is 0 Å². The number of hydrogen-bond donors (Lipinski definition) is 3. The summed E-state index contributed by atoms with van der Waals surface area (Å²) in [5.41, 5.74) is 0. The highest BCUT2D eigenvalue weighted by Gasteiger charge is 2.06. The molecule has 0 rings (SSSR count). The van der Waals surface area contributed by atoms with Crippen LogP contribution in [0.25, 0.3) is 0 Å². The average Bonchev–Trinajstić information content (AvgIpc) is 2.15. The van der Waals surface area contributed by atoms with Crippen molar-refractivity contribution in [1.29, 1.82) is 0 Å². The van der Waals surface area contributed by atoms with Crippen LogP contribution in [-0.2, 0) is 14.4 Å². The molecule has 17 heavy (non-hydrogen) atoms. The second-order valence-electron chi connectivity index (χ2n) is 4.07. The lowest BCUT2D eigenvalue weighted by Gasteiger charge is -2.08. The molecule has 0 unspecified atom stereocenters. The quantitative estimate of drug-likeness (QED) is 0.571. The fourth-order valence-electron chi connectivity index (χ4n) is 1.20. The lowest BCUT2D eigenvalue weighted by atomic mass is 10.2. The van der Waals surface area contributed by atoms with Crippen molar-refractivity contribution in [2.24, 2.45) is 0 Å². The first-order valence-corrected chi connectivity index (χ1v) is 5.69. The largest absolute Gasteiger partial charge is 0.481 e. The van der Waals surface area contributed by atoms with E-state index in [9.17, 15) is 14.4 Å². The Morgan fingerprint density at radius 3 is 2.24 bits per heavy atom. The first-order chi connectivity index (χ1) is 7.91. The summed E-state index contributed by atoms with van der Waals surface area (Å²) < 4.78 is 0. The Morgan fingerprint density at radius 1 is 1.06 bits per heavy atom. The van der Waals surface area contributed by atoms with Crippen molar-refractivity contribution in [2.75, 3.05) is 6.54 Å². The van der Waals surface area contributed by atoms with Gasteiger partial charge in [0, 0.05) is 31.8 Å². The SMILES string of the molecule is CC(C)NC(=O)CCNC(=O)CCCC(=O)O. The maximum absolute atomic E-state index is 11.2. The Balaban J connectivity index is 3.51. The summed E-state index contributed by atoms with van der Waals surface area (Å²) >= 11 is 0. The molecule has 0 aromatic rings. The highest BCUT2D eigenvalue weighted by Crippen LogP contribution is 1.94. The van der Waals surface area contributed by atoms with Gasteiger partial charge in [0.25, 0.3) is 0 Å². The van der Waals surface area contributed by atoms with E-state index in [1.54, 1.807) is 0 Å². The van der Waals surface area contributed by atoms with E-state index < -0.39 is 5.97 Å². The van der Waals surface area contributed by atoms with Crippen LogP contribution >= 0.6 is 0 Å². The van der Waals surface area contributed by atoms with Gasteiger partial charge in [0.1, 0.15) is 0 Å². The molecule has 2 amide bonds. The molecule has 0 atom stereocenters. The van der Waals surface area contributed by atoms with Crippen molar-refractivity contribution >= 4 is 17.8 Å². The van der Waals surface area contributed by atoms with Crippen LogP contribution in [0.3, 0.4) is 0 Å². The van der Waals surface area contributed by atoms with Crippen LogP contribution in [0, 0.1) is 0 Å². The fourth-order valence-corrected chi connectivity index (χ4v) is 1.20. The van der Waals surface area contributed by atoms with E-state index in [2.05, 4.69) is 10.6 Å². The van der Waals surface area contributed by atoms with Gasteiger partial charge < -0.3 is 15.7 Å². The van der Waals surface area contributed by atoms with Crippen LogP contribution in [0.15, 0.2) is 0 Å². The minimum Gasteiger partial charge on any atom is -0.481 e. The molecule has 6 nitrogen and oxygen atoms in total. The topological polar surface area (TPSA) is 95.5 Å². The van der Waals surface area contributed by atoms with Crippen LogP contribution in [0.2, 0.25) is 0 Å². The van der Waals surface area contributed by atoms with Crippen LogP contribution in [-0.4, -0.2) is 35.5 Å². The van der Waals surface area contributed by atoms with Gasteiger partial charge in [-0.05, 0) is 20.3 Å². The molecule has 0 saturated heterocycles. The smallest absolute Gasteiger partial charge is 0.303 e. The summed E-state index contributed by atoms with van der Waals surface area (Å²) in [6.07, 6.45) is 0.724. The molecular weight excluding hydrogens is 224 g/mol. The molecule has 0 aromatic carbocycles. The van der Waals surface area contributed by atoms with Crippen molar-refractivity contribution in [3.8, 4) is 0 Å². The molecule has 0 aliphatic carbocycles. The molecule has 0 spiro atoms. The summed E-state index contributed by atoms with van der Waals surface area (Å²) in [5, 5.41) is 13.6. The lowest BCUT2D eigenvalue weighted by molar-refractivity contribution is -0.137. The fraction of sp³-hybridized carbons (Fsp3) is 0.727. The number of amides is 2. The standard InChI is InChI=1S/C11H20N2O4/c1-8(2)13-10(15)6-7-12-9(14)4-3-5-11(16)17/h8H,3-7H2,1-2H3,(H,12,14)(H,13,15)(H,16,17). The molecule has 0 bridgehead atoms. The van der Waals surface area contributed by atoms with Crippen LogP contribution in [0.1, 0.15) is 39.5 Å². The van der Waals surface area contributed by atoms with Crippen LogP contribution in [0.5, 0.6) is 0 Å². The Hall–Kier alpha value is -1.59. The van der Waals surface area contributed by atoms with Gasteiger partial charge in [-0.1, -0.05) is 0 Å². The third-order valence-corrected chi connectivity index (χ3v) is 1.92. The number of aliphatic carboxylic acids is 1. The number of rotatable bonds is 8. The van der Waals surface area contributed by atoms with Gasteiger partial charge in [-0.3, -0.25) is 14.4 Å². The molecule has 6 heteroatoms. The van der Waals surface area contributed by atoms with Gasteiger partial charge in [-0.2, -0.15) is 0 Å². The maximum Gasteiger partial charge on any atom is 0.303 e. The van der Waals surface area contributed by atoms with Crippen molar-refractivity contribution in [1.82, 2.24) is 10.6 Å². The minimum absolute atomic E-state index is 0.0126. The van der Waals surface area contributed by atoms with E-state index in [0.717, 1.165) is 0 Å². The van der Waals surface area contributed by atoms with E-state index in [-0.39, 0.29) is 43.7 Å². The van der Waals surface area contributed by atoms with Crippen molar-refractivity contribution in [3.63, 3.8) is 0 Å². The van der Waals surface area contributed by atoms with Gasteiger partial charge in [0.15, 0.2) is 0 Å². The molecule has 0 fully saturated rings. The summed E-state index contributed by atoms with van der Waals surface area (Å²) in [6.45, 7) is 4.01. The average molecular weight is 244 g/mol. The van der Waals surface area contributed by atoms with Crippen molar-refractivity contribution in [3.05, 3.63) is 0 Å². The van der Waals surface area contributed by atoms with Gasteiger partial charge in [0.05, 0.1) is 0 Å². The predicted octanol–water partition coefficient (Wildman–Crippen LogP) is 0.272. The highest BCUT2D eigenvalue weighted by molar-refractivity contribution is 5.79. The van der Waals surface area contributed by atoms with E-state index in [4.69, 9.17) is 5.11 Å². The Labute approximate surface area is 101 Å². The summed E-state index contributed by atoms with van der Waals surface area (Å²) in [4.78, 5) is 32.6. The molecule has 3 N–H and O–H groups in total. The first-order valence-electron chi connectivity index (χ1n) is 5.69. The van der Waals surface area contributed by atoms with E-state index in [1.807, 2.05) is 13.8 Å². The lowest BCUT2D eigenvalue weighted by Crippen LogP contribution is -2.34. The molecular formula is C11H20N2O4. The number of hydrogen-bond acceptors (Lipinski definition) is 3. The third-order valence-electron chi connectivity index (χ3n) is 1.92. The van der Waals surface area contributed by atoms with Gasteiger partial charge in [-0.25, -0.2) is 0 Å². The molecule has 0 aromatic heterocycles. The molecule has 0 saturated carbocycles. The molecule has 0 aliphatic rings. The molecule has 98 valence electrons. The number of carbonyl (C=O) groups excluding carboxylic acids is 2. The molecule has 0 aliphatic heterocycles. The number of carboxylic acid groups (broad SMARTS) is 1. The zero-order chi connectivity index (χ0) is 13.3. The van der Waals surface area contributed by atoms with E-state index in [0.29, 0.717) is 6.42 Å². The Kier molecular flexibility index (Phi) is 7.75. The summed E-state index contributed by atoms with van der Waals surface area (Å²) in [5.74, 6) is -1.23. The van der Waals surface area contributed by atoms with E-state index >= 15 is 0 Å². The second kappa shape index (κ2) is 8.55. The normalized spacial score (nSPS) is 10.1. The van der Waals surface area contributed by atoms with Crippen molar-refractivity contribution in [2.45, 2.75) is 45.6 Å².